The van der Waals surface area contributed by atoms with Gasteiger partial charge < -0.3 is 14.8 Å². The van der Waals surface area contributed by atoms with Crippen molar-refractivity contribution in [2.75, 3.05) is 6.54 Å². The van der Waals surface area contributed by atoms with Crippen LogP contribution >= 0.6 is 11.3 Å². The Labute approximate surface area is 169 Å². The topological polar surface area (TPSA) is 54.3 Å². The van der Waals surface area contributed by atoms with Crippen LogP contribution in [0.15, 0.2) is 41.8 Å². The minimum Gasteiger partial charge on any atom is -0.340 e. The summed E-state index contributed by atoms with van der Waals surface area (Å²) in [5, 5.41) is 6.11. The summed E-state index contributed by atoms with van der Waals surface area (Å²) in [7, 11) is 1.89. The maximum atomic E-state index is 13.2. The second-order valence-corrected chi connectivity index (χ2v) is 8.34. The van der Waals surface area contributed by atoms with Gasteiger partial charge in [-0.1, -0.05) is 31.5 Å². The average Bonchev–Trinajstić information content (AvgIpc) is 3.31. The molecule has 0 spiro atoms. The molecule has 146 valence electrons. The zero-order chi connectivity index (χ0) is 19.7. The molecule has 1 aliphatic rings. The van der Waals surface area contributed by atoms with Crippen LogP contribution in [-0.4, -0.2) is 33.9 Å². The third-order valence-corrected chi connectivity index (χ3v) is 6.51. The van der Waals surface area contributed by atoms with Crippen LogP contribution in [0.5, 0.6) is 0 Å². The molecule has 5 nitrogen and oxygen atoms in total. The summed E-state index contributed by atoms with van der Waals surface area (Å²) < 4.78 is 1.89. The number of rotatable bonds is 5. The van der Waals surface area contributed by atoms with Crippen molar-refractivity contribution in [3.05, 3.63) is 57.9 Å². The Morgan fingerprint density at radius 2 is 2.07 bits per heavy atom. The van der Waals surface area contributed by atoms with Crippen LogP contribution in [0.3, 0.4) is 0 Å². The van der Waals surface area contributed by atoms with Gasteiger partial charge in [-0.05, 0) is 42.0 Å². The Morgan fingerprint density at radius 1 is 1.25 bits per heavy atom. The molecule has 4 rings (SSSR count). The van der Waals surface area contributed by atoms with Crippen molar-refractivity contribution >= 4 is 34.1 Å². The Balaban J connectivity index is 1.52. The van der Waals surface area contributed by atoms with Crippen LogP contribution in [0, 0.1) is 0 Å². The van der Waals surface area contributed by atoms with Crippen LogP contribution in [0.4, 0.5) is 0 Å². The molecule has 1 atom stereocenters. The van der Waals surface area contributed by atoms with E-state index in [1.807, 2.05) is 53.8 Å². The van der Waals surface area contributed by atoms with Gasteiger partial charge in [-0.3, -0.25) is 9.59 Å². The fraction of sp³-hybridized carbons (Fsp3) is 0.364. The summed E-state index contributed by atoms with van der Waals surface area (Å²) in [5.74, 6) is -0.176. The lowest BCUT2D eigenvalue weighted by Gasteiger charge is -2.31. The van der Waals surface area contributed by atoms with Gasteiger partial charge in [0.05, 0.1) is 0 Å². The molecule has 28 heavy (non-hydrogen) atoms. The first-order valence-electron chi connectivity index (χ1n) is 9.78. The average molecular weight is 396 g/mol. The van der Waals surface area contributed by atoms with Crippen LogP contribution in [0.25, 0.3) is 10.9 Å². The maximum absolute atomic E-state index is 13.2. The number of aromatic nitrogens is 1. The summed E-state index contributed by atoms with van der Waals surface area (Å²) in [4.78, 5) is 29.4. The predicted molar refractivity (Wildman–Crippen MR) is 113 cm³/mol. The molecule has 0 aliphatic carbocycles. The Morgan fingerprint density at radius 3 is 2.86 bits per heavy atom. The standard InChI is InChI=1S/C22H25N3O2S/c1-3-6-17(22(27)25-11-9-20-16(14-25)10-12-28-20)23-21(26)19-13-15-7-4-5-8-18(15)24(19)2/h4-5,7-8,10,12-13,17H,3,6,9,11,14H2,1-2H3,(H,23,26). The SMILES string of the molecule is CCCC(NC(=O)c1cc2ccccc2n1C)C(=O)N1CCc2sccc2C1. The maximum Gasteiger partial charge on any atom is 0.268 e. The highest BCUT2D eigenvalue weighted by molar-refractivity contribution is 7.10. The molecule has 2 amide bonds. The fourth-order valence-electron chi connectivity index (χ4n) is 3.94. The van der Waals surface area contributed by atoms with E-state index in [1.54, 1.807) is 11.3 Å². The predicted octanol–water partition coefficient (Wildman–Crippen LogP) is 3.72. The van der Waals surface area contributed by atoms with Crippen molar-refractivity contribution < 1.29 is 9.59 Å². The molecule has 1 unspecified atom stereocenters. The van der Waals surface area contributed by atoms with E-state index in [0.29, 0.717) is 18.7 Å². The van der Waals surface area contributed by atoms with Gasteiger partial charge >= 0.3 is 0 Å². The van der Waals surface area contributed by atoms with E-state index >= 15 is 0 Å². The smallest absolute Gasteiger partial charge is 0.268 e. The molecule has 0 bridgehead atoms. The number of hydrogen-bond donors (Lipinski definition) is 1. The Hall–Kier alpha value is -2.60. The summed E-state index contributed by atoms with van der Waals surface area (Å²) in [6, 6.07) is 11.4. The highest BCUT2D eigenvalue weighted by Gasteiger charge is 2.29. The number of carbonyl (C=O) groups excluding carboxylic acids is 2. The number of fused-ring (bicyclic) bond motifs is 2. The molecule has 6 heteroatoms. The molecule has 3 aromatic rings. The number of aryl methyl sites for hydroxylation is 1. The highest BCUT2D eigenvalue weighted by atomic mass is 32.1. The first-order chi connectivity index (χ1) is 13.6. The van der Waals surface area contributed by atoms with Crippen LogP contribution in [0.1, 0.15) is 40.7 Å². The van der Waals surface area contributed by atoms with E-state index in [1.165, 1.54) is 10.4 Å². The number of carbonyl (C=O) groups is 2. The molecule has 0 saturated carbocycles. The zero-order valence-corrected chi connectivity index (χ0v) is 17.1. The van der Waals surface area contributed by atoms with Crippen molar-refractivity contribution in [2.45, 2.75) is 38.8 Å². The van der Waals surface area contributed by atoms with Gasteiger partial charge in [0.2, 0.25) is 5.91 Å². The molecule has 2 aromatic heterocycles. The number of nitrogens with one attached hydrogen (secondary N) is 1. The zero-order valence-electron chi connectivity index (χ0n) is 16.3. The first-order valence-corrected chi connectivity index (χ1v) is 10.7. The molecule has 3 heterocycles. The van der Waals surface area contributed by atoms with Gasteiger partial charge in [-0.25, -0.2) is 0 Å². The minimum atomic E-state index is -0.490. The molecule has 0 radical (unpaired) electrons. The second-order valence-electron chi connectivity index (χ2n) is 7.34. The lowest BCUT2D eigenvalue weighted by molar-refractivity contribution is -0.134. The number of thiophene rings is 1. The van der Waals surface area contributed by atoms with Gasteiger partial charge in [0.1, 0.15) is 11.7 Å². The highest BCUT2D eigenvalue weighted by Crippen LogP contribution is 2.25. The third kappa shape index (κ3) is 3.44. The number of hydrogen-bond acceptors (Lipinski definition) is 3. The Bertz CT molecular complexity index is 1020. The van der Waals surface area contributed by atoms with Gasteiger partial charge in [0.25, 0.3) is 5.91 Å². The fourth-order valence-corrected chi connectivity index (χ4v) is 4.83. The van der Waals surface area contributed by atoms with Crippen molar-refractivity contribution in [3.8, 4) is 0 Å². The van der Waals surface area contributed by atoms with Crippen LogP contribution < -0.4 is 5.32 Å². The largest absolute Gasteiger partial charge is 0.340 e. The molecule has 1 aromatic carbocycles. The van der Waals surface area contributed by atoms with Crippen molar-refractivity contribution in [3.63, 3.8) is 0 Å². The lowest BCUT2D eigenvalue weighted by Crippen LogP contribution is -2.49. The van der Waals surface area contributed by atoms with E-state index < -0.39 is 6.04 Å². The van der Waals surface area contributed by atoms with Crippen molar-refractivity contribution in [2.24, 2.45) is 7.05 Å². The monoisotopic (exact) mass is 395 g/mol. The number of nitrogens with zero attached hydrogens (tertiary/aromatic N) is 2. The van der Waals surface area contributed by atoms with Gasteiger partial charge in [0.15, 0.2) is 0 Å². The van der Waals surface area contributed by atoms with E-state index in [9.17, 15) is 9.59 Å². The Kier molecular flexibility index (Phi) is 5.22. The van der Waals surface area contributed by atoms with Crippen molar-refractivity contribution in [1.82, 2.24) is 14.8 Å². The molecule has 1 N–H and O–H groups in total. The van der Waals surface area contributed by atoms with Crippen LogP contribution in [0.2, 0.25) is 0 Å². The van der Waals surface area contributed by atoms with Gasteiger partial charge in [0, 0.05) is 35.9 Å². The summed E-state index contributed by atoms with van der Waals surface area (Å²) in [6.45, 7) is 3.40. The molecule has 0 fully saturated rings. The van der Waals surface area contributed by atoms with Gasteiger partial charge in [-0.15, -0.1) is 11.3 Å². The normalized spacial score (nSPS) is 14.7. The number of para-hydroxylation sites is 1. The molecular formula is C22H25N3O2S. The summed E-state index contributed by atoms with van der Waals surface area (Å²) in [6.07, 6.45) is 2.37. The van der Waals surface area contributed by atoms with E-state index in [2.05, 4.69) is 16.8 Å². The third-order valence-electron chi connectivity index (χ3n) is 5.48. The van der Waals surface area contributed by atoms with E-state index in [-0.39, 0.29) is 11.8 Å². The molecular weight excluding hydrogens is 370 g/mol. The second kappa shape index (κ2) is 7.80. The van der Waals surface area contributed by atoms with Gasteiger partial charge in [-0.2, -0.15) is 0 Å². The molecule has 0 saturated heterocycles. The summed E-state index contributed by atoms with van der Waals surface area (Å²) in [5.41, 5.74) is 2.82. The number of benzene rings is 1. The lowest BCUT2D eigenvalue weighted by atomic mass is 10.1. The molecule has 1 aliphatic heterocycles. The quantitative estimate of drug-likeness (QED) is 0.716. The first kappa shape index (κ1) is 18.7. The summed E-state index contributed by atoms with van der Waals surface area (Å²) >= 11 is 1.76. The van der Waals surface area contributed by atoms with Crippen LogP contribution in [-0.2, 0) is 24.8 Å². The van der Waals surface area contributed by atoms with E-state index in [0.717, 1.165) is 30.3 Å². The van der Waals surface area contributed by atoms with Crippen molar-refractivity contribution in [1.29, 1.82) is 0 Å². The minimum absolute atomic E-state index is 0.0193. The number of amides is 2. The van der Waals surface area contributed by atoms with E-state index in [4.69, 9.17) is 0 Å².